The minimum absolute atomic E-state index is 0.145. The fourth-order valence-corrected chi connectivity index (χ4v) is 2.80. The van der Waals surface area contributed by atoms with Crippen LogP contribution in [0.15, 0.2) is 60.8 Å². The Balaban J connectivity index is 1.88. The Morgan fingerprint density at radius 1 is 1.12 bits per heavy atom. The third-order valence-electron chi connectivity index (χ3n) is 3.87. The lowest BCUT2D eigenvalue weighted by atomic mass is 10.1. The molecule has 0 aliphatic rings. The second kappa shape index (κ2) is 7.41. The number of rotatable bonds is 5. The third-order valence-corrected chi connectivity index (χ3v) is 4.19. The molecule has 2 N–H and O–H groups in total. The molecule has 0 fully saturated rings. The Kier molecular flexibility index (Phi) is 5.04. The molecule has 6 nitrogen and oxygen atoms in total. The molecule has 1 aromatic heterocycles. The Bertz CT molecular complexity index is 954. The highest BCUT2D eigenvalue weighted by Gasteiger charge is 2.25. The molecule has 7 heteroatoms. The number of aliphatic carboxylic acids is 1. The summed E-state index contributed by atoms with van der Waals surface area (Å²) in [4.78, 5) is 24.2. The first-order chi connectivity index (χ1) is 12.5. The zero-order valence-corrected chi connectivity index (χ0v) is 14.6. The zero-order chi connectivity index (χ0) is 18.7. The number of carboxylic acid groups (broad SMARTS) is 1. The van der Waals surface area contributed by atoms with Crippen molar-refractivity contribution in [3.05, 3.63) is 82.6 Å². The molecule has 3 aromatic rings. The van der Waals surface area contributed by atoms with E-state index in [1.165, 1.54) is 4.68 Å². The van der Waals surface area contributed by atoms with Gasteiger partial charge in [0.05, 0.1) is 10.7 Å². The summed E-state index contributed by atoms with van der Waals surface area (Å²) in [5.41, 5.74) is 1.87. The number of carboxylic acids is 1. The molecule has 0 saturated heterocycles. The average Bonchev–Trinajstić information content (AvgIpc) is 3.02. The molecule has 26 heavy (non-hydrogen) atoms. The van der Waals surface area contributed by atoms with Gasteiger partial charge in [0.25, 0.3) is 5.91 Å². The second-order valence-corrected chi connectivity index (χ2v) is 6.12. The molecular formula is C19H16ClN3O3. The van der Waals surface area contributed by atoms with Gasteiger partial charge in [-0.3, -0.25) is 4.79 Å². The molecule has 1 heterocycles. The van der Waals surface area contributed by atoms with Gasteiger partial charge in [-0.15, -0.1) is 0 Å². The number of para-hydroxylation sites is 1. The van der Waals surface area contributed by atoms with Crippen LogP contribution in [-0.2, 0) is 4.79 Å². The molecule has 3 rings (SSSR count). The first kappa shape index (κ1) is 17.7. The molecule has 0 bridgehead atoms. The predicted molar refractivity (Wildman–Crippen MR) is 97.6 cm³/mol. The van der Waals surface area contributed by atoms with Crippen molar-refractivity contribution in [2.75, 3.05) is 0 Å². The van der Waals surface area contributed by atoms with E-state index in [2.05, 4.69) is 10.4 Å². The Hall–Kier alpha value is -3.12. The van der Waals surface area contributed by atoms with Gasteiger partial charge >= 0.3 is 5.97 Å². The van der Waals surface area contributed by atoms with Gasteiger partial charge in [-0.1, -0.05) is 54.1 Å². The fourth-order valence-electron chi connectivity index (χ4n) is 2.58. The van der Waals surface area contributed by atoms with Crippen molar-refractivity contribution in [1.29, 1.82) is 0 Å². The van der Waals surface area contributed by atoms with Crippen molar-refractivity contribution < 1.29 is 14.7 Å². The molecule has 2 aromatic carbocycles. The highest BCUT2D eigenvalue weighted by atomic mass is 35.5. The first-order valence-electron chi connectivity index (χ1n) is 7.87. The monoisotopic (exact) mass is 369 g/mol. The van der Waals surface area contributed by atoms with Crippen LogP contribution < -0.4 is 5.32 Å². The van der Waals surface area contributed by atoms with Gasteiger partial charge in [-0.25, -0.2) is 9.48 Å². The van der Waals surface area contributed by atoms with Gasteiger partial charge in [0, 0.05) is 11.8 Å². The zero-order valence-electron chi connectivity index (χ0n) is 13.9. The Labute approximate surface area is 155 Å². The number of hydrogen-bond donors (Lipinski definition) is 2. The number of nitrogens with one attached hydrogen (secondary N) is 1. The average molecular weight is 370 g/mol. The summed E-state index contributed by atoms with van der Waals surface area (Å²) in [7, 11) is 0. The smallest absolute Gasteiger partial charge is 0.330 e. The lowest BCUT2D eigenvalue weighted by Crippen LogP contribution is -2.34. The number of amides is 1. The summed E-state index contributed by atoms with van der Waals surface area (Å²) < 4.78 is 1.50. The Morgan fingerprint density at radius 2 is 1.77 bits per heavy atom. The molecule has 132 valence electrons. The number of nitrogens with zero attached hydrogens (tertiary/aromatic N) is 2. The third kappa shape index (κ3) is 3.60. The lowest BCUT2D eigenvalue weighted by molar-refractivity contribution is -0.139. The number of carbonyl (C=O) groups excluding carboxylic acids is 1. The van der Waals surface area contributed by atoms with Crippen LogP contribution in [0.1, 0.15) is 27.7 Å². The summed E-state index contributed by atoms with van der Waals surface area (Å²) >= 11 is 6.17. The van der Waals surface area contributed by atoms with Crippen LogP contribution in [0, 0.1) is 6.92 Å². The summed E-state index contributed by atoms with van der Waals surface area (Å²) in [6, 6.07) is 14.5. The van der Waals surface area contributed by atoms with E-state index in [4.69, 9.17) is 11.6 Å². The minimum Gasteiger partial charge on any atom is -0.479 e. The van der Waals surface area contributed by atoms with Gasteiger partial charge in [-0.2, -0.15) is 5.10 Å². The summed E-state index contributed by atoms with van der Waals surface area (Å²) in [5, 5.41) is 16.7. The molecule has 0 aliphatic heterocycles. The molecule has 1 atom stereocenters. The summed E-state index contributed by atoms with van der Waals surface area (Å²) in [6.07, 6.45) is 1.68. The second-order valence-electron chi connectivity index (χ2n) is 5.71. The van der Waals surface area contributed by atoms with Crippen molar-refractivity contribution in [3.63, 3.8) is 0 Å². The highest BCUT2D eigenvalue weighted by molar-refractivity contribution is 6.32. The molecule has 1 amide bonds. The lowest BCUT2D eigenvalue weighted by Gasteiger charge is -2.14. The number of carbonyl (C=O) groups is 2. The fraction of sp³-hybridized carbons (Fsp3) is 0.105. The van der Waals surface area contributed by atoms with Crippen LogP contribution >= 0.6 is 11.6 Å². The van der Waals surface area contributed by atoms with E-state index in [0.29, 0.717) is 21.8 Å². The van der Waals surface area contributed by atoms with Gasteiger partial charge in [0.2, 0.25) is 0 Å². The van der Waals surface area contributed by atoms with E-state index in [-0.39, 0.29) is 5.69 Å². The number of hydrogen-bond acceptors (Lipinski definition) is 3. The van der Waals surface area contributed by atoms with Gasteiger partial charge in [0.15, 0.2) is 11.7 Å². The van der Waals surface area contributed by atoms with Crippen LogP contribution in [-0.4, -0.2) is 26.8 Å². The molecule has 0 saturated carbocycles. The Morgan fingerprint density at radius 3 is 2.42 bits per heavy atom. The van der Waals surface area contributed by atoms with E-state index < -0.39 is 17.9 Å². The van der Waals surface area contributed by atoms with Crippen molar-refractivity contribution in [1.82, 2.24) is 15.1 Å². The molecule has 0 aliphatic carbocycles. The van der Waals surface area contributed by atoms with Crippen LogP contribution in [0.4, 0.5) is 0 Å². The maximum atomic E-state index is 12.6. The number of halogens is 1. The van der Waals surface area contributed by atoms with Crippen LogP contribution in [0.5, 0.6) is 0 Å². The van der Waals surface area contributed by atoms with E-state index in [1.54, 1.807) is 61.7 Å². The van der Waals surface area contributed by atoms with Crippen molar-refractivity contribution in [2.24, 2.45) is 0 Å². The summed E-state index contributed by atoms with van der Waals surface area (Å²) in [6.45, 7) is 1.73. The van der Waals surface area contributed by atoms with E-state index in [0.717, 1.165) is 0 Å². The van der Waals surface area contributed by atoms with Crippen LogP contribution in [0.2, 0.25) is 5.02 Å². The van der Waals surface area contributed by atoms with E-state index in [9.17, 15) is 14.7 Å². The maximum absolute atomic E-state index is 12.6. The maximum Gasteiger partial charge on any atom is 0.330 e. The van der Waals surface area contributed by atoms with Crippen molar-refractivity contribution in [2.45, 2.75) is 13.0 Å². The number of aromatic nitrogens is 2. The number of aryl methyl sites for hydroxylation is 1. The van der Waals surface area contributed by atoms with Gasteiger partial charge in [-0.05, 0) is 24.6 Å². The van der Waals surface area contributed by atoms with Gasteiger partial charge in [0.1, 0.15) is 0 Å². The topological polar surface area (TPSA) is 84.2 Å². The first-order valence-corrected chi connectivity index (χ1v) is 8.25. The van der Waals surface area contributed by atoms with Crippen molar-refractivity contribution >= 4 is 23.5 Å². The molecule has 0 radical (unpaired) electrons. The normalized spacial score (nSPS) is 11.8. The number of benzene rings is 2. The minimum atomic E-state index is -1.16. The van der Waals surface area contributed by atoms with Crippen molar-refractivity contribution in [3.8, 4) is 5.69 Å². The van der Waals surface area contributed by atoms with E-state index >= 15 is 0 Å². The molecule has 1 unspecified atom stereocenters. The van der Waals surface area contributed by atoms with Gasteiger partial charge < -0.3 is 10.4 Å². The molecule has 0 spiro atoms. The standard InChI is InChI=1S/C19H16ClN3O3/c1-12-11-23(15-10-6-5-9-14(15)20)22-16(12)18(24)21-17(19(25)26)13-7-3-2-4-8-13/h2-11,17H,1H3,(H,21,24)(H,25,26). The quantitative estimate of drug-likeness (QED) is 0.722. The largest absolute Gasteiger partial charge is 0.479 e. The predicted octanol–water partition coefficient (Wildman–Crippen LogP) is 3.39. The summed E-state index contributed by atoms with van der Waals surface area (Å²) in [5.74, 6) is -1.71. The van der Waals surface area contributed by atoms with Crippen LogP contribution in [0.25, 0.3) is 5.69 Å². The van der Waals surface area contributed by atoms with Crippen LogP contribution in [0.3, 0.4) is 0 Å². The SMILES string of the molecule is Cc1cn(-c2ccccc2Cl)nc1C(=O)NC(C(=O)O)c1ccccc1. The van der Waals surface area contributed by atoms with E-state index in [1.807, 2.05) is 6.07 Å². The highest BCUT2D eigenvalue weighted by Crippen LogP contribution is 2.21. The molecular weight excluding hydrogens is 354 g/mol.